The molecule has 0 radical (unpaired) electrons. The van der Waals surface area contributed by atoms with E-state index in [0.29, 0.717) is 25.6 Å². The molecule has 1 fully saturated rings. The van der Waals surface area contributed by atoms with Crippen LogP contribution in [0.25, 0.3) is 0 Å². The van der Waals surface area contributed by atoms with Crippen LogP contribution in [0.5, 0.6) is 0 Å². The summed E-state index contributed by atoms with van der Waals surface area (Å²) in [5.74, 6) is -1.91. The summed E-state index contributed by atoms with van der Waals surface area (Å²) in [7, 11) is 0.940. The lowest BCUT2D eigenvalue weighted by atomic mass is 9.74. The summed E-state index contributed by atoms with van der Waals surface area (Å²) in [4.78, 5) is 26.1. The van der Waals surface area contributed by atoms with Crippen LogP contribution in [-0.4, -0.2) is 58.6 Å². The van der Waals surface area contributed by atoms with Crippen molar-refractivity contribution >= 4 is 19.2 Å². The Hall–Kier alpha value is -1.79. The van der Waals surface area contributed by atoms with Gasteiger partial charge in [0, 0.05) is 13.0 Å². The van der Waals surface area contributed by atoms with Crippen LogP contribution in [0.1, 0.15) is 87.5 Å². The second kappa shape index (κ2) is 10.4. The van der Waals surface area contributed by atoms with E-state index in [-0.39, 0.29) is 0 Å². The van der Waals surface area contributed by atoms with Gasteiger partial charge in [-0.1, -0.05) is 26.2 Å². The van der Waals surface area contributed by atoms with Crippen molar-refractivity contribution in [2.45, 2.75) is 116 Å². The predicted octanol–water partition coefficient (Wildman–Crippen LogP) is 4.88. The van der Waals surface area contributed by atoms with Crippen LogP contribution in [0.15, 0.2) is 0 Å². The fourth-order valence-electron chi connectivity index (χ4n) is 3.91. The first kappa shape index (κ1) is 28.2. The number of aliphatic carboxylic acids is 1. The van der Waals surface area contributed by atoms with Gasteiger partial charge in [0.2, 0.25) is 5.54 Å². The average Bonchev–Trinajstić information content (AvgIpc) is 2.84. The summed E-state index contributed by atoms with van der Waals surface area (Å²) in [5, 5.41) is 20.2. The van der Waals surface area contributed by atoms with Crippen molar-refractivity contribution in [3.63, 3.8) is 0 Å². The largest absolute Gasteiger partial charge is 0.479 e. The Bertz CT molecular complexity index is 696. The number of hydrogen-bond acceptors (Lipinski definition) is 6. The highest BCUT2D eigenvalue weighted by Gasteiger charge is 2.53. The van der Waals surface area contributed by atoms with Gasteiger partial charge in [-0.2, -0.15) is 5.26 Å². The van der Waals surface area contributed by atoms with Crippen LogP contribution in [0.2, 0.25) is 6.32 Å². The monoisotopic (exact) mass is 452 g/mol. The summed E-state index contributed by atoms with van der Waals surface area (Å²) in [6.45, 7) is 15.0. The van der Waals surface area contributed by atoms with E-state index in [0.717, 1.165) is 17.7 Å². The van der Waals surface area contributed by atoms with Gasteiger partial charge in [0.15, 0.2) is 0 Å². The highest BCUT2D eigenvalue weighted by Crippen LogP contribution is 2.39. The Morgan fingerprint density at radius 3 is 2.03 bits per heavy atom. The van der Waals surface area contributed by atoms with Gasteiger partial charge in [-0.3, -0.25) is 4.90 Å². The molecule has 1 saturated heterocycles. The number of nitrogens with zero attached hydrogens (tertiary/aromatic N) is 2. The maximum absolute atomic E-state index is 12.7. The number of carboxylic acids is 1. The third-order valence-electron chi connectivity index (χ3n) is 6.48. The van der Waals surface area contributed by atoms with Crippen LogP contribution < -0.4 is 0 Å². The summed E-state index contributed by atoms with van der Waals surface area (Å²) in [6, 6.07) is 1.96. The highest BCUT2D eigenvalue weighted by atomic mass is 16.7. The molecule has 1 N–H and O–H groups in total. The zero-order valence-corrected chi connectivity index (χ0v) is 21.3. The molecule has 0 aromatic heterocycles. The minimum absolute atomic E-state index is 0.392. The van der Waals surface area contributed by atoms with Crippen LogP contribution in [0.3, 0.4) is 0 Å². The number of unbranched alkanes of at least 4 members (excludes halogenated alkanes) is 1. The van der Waals surface area contributed by atoms with E-state index in [2.05, 4.69) is 0 Å². The lowest BCUT2D eigenvalue weighted by Crippen LogP contribution is -2.60. The van der Waals surface area contributed by atoms with E-state index < -0.39 is 47.4 Å². The van der Waals surface area contributed by atoms with Gasteiger partial charge in [0.25, 0.3) is 0 Å². The molecule has 0 bridgehead atoms. The third-order valence-corrected chi connectivity index (χ3v) is 6.48. The van der Waals surface area contributed by atoms with Gasteiger partial charge in [-0.25, -0.2) is 9.59 Å². The first-order chi connectivity index (χ1) is 14.5. The van der Waals surface area contributed by atoms with E-state index in [1.165, 1.54) is 7.05 Å². The van der Waals surface area contributed by atoms with Gasteiger partial charge in [0.05, 0.1) is 11.2 Å². The number of carbonyl (C=O) groups is 2. The number of ether oxygens (including phenoxy) is 1. The van der Waals surface area contributed by atoms with E-state index in [4.69, 9.17) is 14.0 Å². The number of carbonyl (C=O) groups excluding carboxylic acids is 1. The highest BCUT2D eigenvalue weighted by molar-refractivity contribution is 6.45. The molecule has 0 aromatic carbocycles. The molecular formula is C23H41BN2O6. The lowest BCUT2D eigenvalue weighted by Gasteiger charge is -2.39. The molecule has 0 aromatic rings. The normalized spacial score (nSPS) is 20.2. The fourth-order valence-corrected chi connectivity index (χ4v) is 3.91. The predicted molar refractivity (Wildman–Crippen MR) is 123 cm³/mol. The van der Waals surface area contributed by atoms with E-state index in [9.17, 15) is 20.0 Å². The Labute approximate surface area is 193 Å². The van der Waals surface area contributed by atoms with E-state index >= 15 is 0 Å². The molecule has 1 rings (SSSR count). The maximum Gasteiger partial charge on any atom is 0.457 e. The quantitative estimate of drug-likeness (QED) is 0.471. The molecular weight excluding hydrogens is 411 g/mol. The topological polar surface area (TPSA) is 109 Å². The van der Waals surface area contributed by atoms with Gasteiger partial charge >= 0.3 is 19.2 Å². The fraction of sp³-hybridized carbons (Fsp3) is 0.870. The summed E-state index contributed by atoms with van der Waals surface area (Å²) < 4.78 is 17.5. The standard InChI is InChI=1S/C23H41BN2O6/c1-10-11-13-17(14-12-15-24-31-21(5,6)22(7,8)32-24)23(16-25,18(27)28)26(9)19(29)30-20(2,3)4/h17H,10-15H2,1-9H3,(H,27,28). The number of amides is 1. The molecule has 0 aliphatic carbocycles. The number of rotatable bonds is 10. The van der Waals surface area contributed by atoms with Crippen LogP contribution in [0.4, 0.5) is 4.79 Å². The third kappa shape index (κ3) is 6.38. The Morgan fingerprint density at radius 1 is 1.12 bits per heavy atom. The molecule has 0 saturated carbocycles. The molecule has 1 aliphatic rings. The average molecular weight is 452 g/mol. The van der Waals surface area contributed by atoms with Crippen LogP contribution in [0, 0.1) is 17.2 Å². The molecule has 1 aliphatic heterocycles. The number of nitriles is 1. The lowest BCUT2D eigenvalue weighted by molar-refractivity contribution is -0.150. The van der Waals surface area contributed by atoms with Gasteiger partial charge in [-0.05, 0) is 67.6 Å². The zero-order chi connectivity index (χ0) is 25.0. The molecule has 8 nitrogen and oxygen atoms in total. The molecule has 9 heteroatoms. The van der Waals surface area contributed by atoms with Crippen LogP contribution >= 0.6 is 0 Å². The Morgan fingerprint density at radius 2 is 1.62 bits per heavy atom. The number of hydrogen-bond donors (Lipinski definition) is 1. The van der Waals surface area contributed by atoms with Crippen LogP contribution in [-0.2, 0) is 18.8 Å². The number of carboxylic acid groups (broad SMARTS) is 1. The molecule has 1 heterocycles. The van der Waals surface area contributed by atoms with Gasteiger partial charge in [0.1, 0.15) is 11.7 Å². The molecule has 0 spiro atoms. The smallest absolute Gasteiger partial charge is 0.457 e. The minimum Gasteiger partial charge on any atom is -0.479 e. The van der Waals surface area contributed by atoms with Crippen molar-refractivity contribution in [2.24, 2.45) is 5.92 Å². The molecule has 1 amide bonds. The van der Waals surface area contributed by atoms with Crippen molar-refractivity contribution in [2.75, 3.05) is 7.05 Å². The second-order valence-corrected chi connectivity index (χ2v) is 10.7. The number of likely N-dealkylation sites (N-methyl/N-ethyl adjacent to an activating group) is 1. The molecule has 182 valence electrons. The molecule has 32 heavy (non-hydrogen) atoms. The SMILES string of the molecule is CCCCC(CCCB1OC(C)(C)C(C)(C)O1)C(C#N)(C(=O)O)N(C)C(=O)OC(C)(C)C. The van der Waals surface area contributed by atoms with Crippen molar-refractivity contribution in [1.82, 2.24) is 4.90 Å². The van der Waals surface area contributed by atoms with Crippen molar-refractivity contribution in [3.8, 4) is 6.07 Å². The van der Waals surface area contributed by atoms with Gasteiger partial charge < -0.3 is 19.2 Å². The molecule has 2 unspecified atom stereocenters. The Balaban J connectivity index is 3.06. The van der Waals surface area contributed by atoms with Crippen molar-refractivity contribution in [1.29, 1.82) is 5.26 Å². The van der Waals surface area contributed by atoms with E-state index in [1.54, 1.807) is 20.8 Å². The molecule has 2 atom stereocenters. The maximum atomic E-state index is 12.7. The van der Waals surface area contributed by atoms with E-state index in [1.807, 2.05) is 40.7 Å². The Kier molecular flexibility index (Phi) is 9.21. The van der Waals surface area contributed by atoms with Gasteiger partial charge in [-0.15, -0.1) is 0 Å². The first-order valence-corrected chi connectivity index (χ1v) is 11.5. The first-order valence-electron chi connectivity index (χ1n) is 11.5. The summed E-state index contributed by atoms with van der Waals surface area (Å²) in [6.07, 6.45) is 2.90. The second-order valence-electron chi connectivity index (χ2n) is 10.7. The van der Waals surface area contributed by atoms with Crippen molar-refractivity contribution < 1.29 is 28.7 Å². The van der Waals surface area contributed by atoms with Crippen molar-refractivity contribution in [3.05, 3.63) is 0 Å². The summed E-state index contributed by atoms with van der Waals surface area (Å²) >= 11 is 0. The summed E-state index contributed by atoms with van der Waals surface area (Å²) in [5.41, 5.74) is -3.70. The zero-order valence-electron chi connectivity index (χ0n) is 21.3. The minimum atomic E-state index is -2.02.